The average molecular weight is 232 g/mol. The lowest BCUT2D eigenvalue weighted by atomic mass is 10.1. The maximum Gasteiger partial charge on any atom is 0.485 e. The Kier molecular flexibility index (Phi) is 4.08. The van der Waals surface area contributed by atoms with Crippen LogP contribution in [0.25, 0.3) is 0 Å². The van der Waals surface area contributed by atoms with Crippen LogP contribution in [-0.4, -0.2) is 23.2 Å². The number of hydrogen-bond acceptors (Lipinski definition) is 1. The largest absolute Gasteiger partial charge is 0.485 e. The average Bonchev–Trinajstić information content (AvgIpc) is 2.18. The van der Waals surface area contributed by atoms with Crippen LogP contribution in [0.15, 0.2) is 30.3 Å². The zero-order chi connectivity index (χ0) is 11.3. The maximum atomic E-state index is 12.2. The summed E-state index contributed by atoms with van der Waals surface area (Å²) in [7, 11) is 0. The van der Waals surface area contributed by atoms with E-state index in [9.17, 15) is 13.2 Å². The van der Waals surface area contributed by atoms with E-state index in [1.54, 1.807) is 29.8 Å². The van der Waals surface area contributed by atoms with Crippen molar-refractivity contribution < 1.29 is 13.2 Å². The number of halogens is 3. The third kappa shape index (κ3) is 3.87. The molecule has 5 heteroatoms. The minimum absolute atomic E-state index is 0.0787. The molecule has 0 amide bonds. The van der Waals surface area contributed by atoms with Gasteiger partial charge in [0.05, 0.1) is 0 Å². The molecule has 0 N–H and O–H groups in total. The van der Waals surface area contributed by atoms with E-state index < -0.39 is 6.30 Å². The fourth-order valence-electron chi connectivity index (χ4n) is 1.11. The van der Waals surface area contributed by atoms with E-state index in [1.807, 2.05) is 6.07 Å². The van der Waals surface area contributed by atoms with Gasteiger partial charge >= 0.3 is 6.30 Å². The highest BCUT2D eigenvalue weighted by Crippen LogP contribution is 2.19. The highest BCUT2D eigenvalue weighted by molar-refractivity contribution is 7.78. The van der Waals surface area contributed by atoms with Gasteiger partial charge in [0.25, 0.3) is 0 Å². The van der Waals surface area contributed by atoms with Gasteiger partial charge in [-0.3, -0.25) is 4.90 Å². The van der Waals surface area contributed by atoms with Crippen LogP contribution < -0.4 is 0 Å². The van der Waals surface area contributed by atoms with Crippen LogP contribution in [0.1, 0.15) is 5.56 Å². The normalized spacial score (nSPS) is 11.1. The van der Waals surface area contributed by atoms with Crippen molar-refractivity contribution in [2.45, 2.75) is 12.7 Å². The standard InChI is InChI=1S/C10H9F3NS/c11-10(12,13)14(8-15)7-6-9-4-2-1-3-5-9/h1-5H,6-7H2. The third-order valence-corrected chi connectivity index (χ3v) is 2.10. The Morgan fingerprint density at radius 2 is 1.80 bits per heavy atom. The second-order valence-corrected chi connectivity index (χ2v) is 3.13. The Morgan fingerprint density at radius 3 is 2.27 bits per heavy atom. The fourth-order valence-corrected chi connectivity index (χ4v) is 1.30. The number of benzene rings is 1. The summed E-state index contributed by atoms with van der Waals surface area (Å²) >= 11 is 4.19. The molecule has 0 heterocycles. The molecular weight excluding hydrogens is 223 g/mol. The van der Waals surface area contributed by atoms with Crippen molar-refractivity contribution in [2.75, 3.05) is 6.54 Å². The van der Waals surface area contributed by atoms with Gasteiger partial charge in [-0.25, -0.2) is 0 Å². The molecule has 0 saturated heterocycles. The molecule has 81 valence electrons. The molecule has 0 unspecified atom stereocenters. The van der Waals surface area contributed by atoms with Crippen LogP contribution in [0.4, 0.5) is 13.2 Å². The number of nitrogens with zero attached hydrogens (tertiary/aromatic N) is 1. The minimum Gasteiger partial charge on any atom is -0.271 e. The molecule has 0 aromatic heterocycles. The monoisotopic (exact) mass is 232 g/mol. The summed E-state index contributed by atoms with van der Waals surface area (Å²) in [6.45, 7) is -0.197. The molecule has 1 rings (SSSR count). The Balaban J connectivity index is 2.52. The van der Waals surface area contributed by atoms with E-state index in [2.05, 4.69) is 12.2 Å². The van der Waals surface area contributed by atoms with Crippen molar-refractivity contribution >= 4 is 17.7 Å². The first-order chi connectivity index (χ1) is 7.04. The van der Waals surface area contributed by atoms with E-state index in [0.717, 1.165) is 5.56 Å². The van der Waals surface area contributed by atoms with Crippen LogP contribution in [0.2, 0.25) is 0 Å². The Hall–Kier alpha value is -1.10. The summed E-state index contributed by atoms with van der Waals surface area (Å²) in [5, 5.41) is 0. The number of thiocarbonyl (C=S) groups is 1. The second kappa shape index (κ2) is 5.11. The van der Waals surface area contributed by atoms with E-state index >= 15 is 0 Å². The van der Waals surface area contributed by atoms with Gasteiger partial charge in [0.1, 0.15) is 5.49 Å². The molecule has 0 spiro atoms. The number of alkyl halides is 3. The maximum absolute atomic E-state index is 12.2. The summed E-state index contributed by atoms with van der Waals surface area (Å²) in [5.41, 5.74) is 2.55. The zero-order valence-corrected chi connectivity index (χ0v) is 8.61. The molecule has 0 fully saturated rings. The quantitative estimate of drug-likeness (QED) is 0.446. The first-order valence-electron chi connectivity index (χ1n) is 4.30. The van der Waals surface area contributed by atoms with E-state index in [4.69, 9.17) is 0 Å². The van der Waals surface area contributed by atoms with Gasteiger partial charge in [0.2, 0.25) is 0 Å². The Bertz CT molecular complexity index is 310. The van der Waals surface area contributed by atoms with Gasteiger partial charge in [0.15, 0.2) is 0 Å². The lowest BCUT2D eigenvalue weighted by molar-refractivity contribution is -0.214. The minimum atomic E-state index is -4.43. The molecule has 0 bridgehead atoms. The zero-order valence-electron chi connectivity index (χ0n) is 7.79. The molecular formula is C10H9F3NS. The summed E-state index contributed by atoms with van der Waals surface area (Å²) in [6.07, 6.45) is -4.14. The van der Waals surface area contributed by atoms with Crippen molar-refractivity contribution in [1.29, 1.82) is 0 Å². The summed E-state index contributed by atoms with van der Waals surface area (Å²) in [6, 6.07) is 8.94. The topological polar surface area (TPSA) is 3.24 Å². The molecule has 0 aliphatic carbocycles. The van der Waals surface area contributed by atoms with Gasteiger partial charge < -0.3 is 0 Å². The first-order valence-corrected chi connectivity index (χ1v) is 4.71. The van der Waals surface area contributed by atoms with E-state index in [-0.39, 0.29) is 11.4 Å². The van der Waals surface area contributed by atoms with Crippen molar-refractivity contribution in [3.63, 3.8) is 0 Å². The molecule has 0 aliphatic heterocycles. The van der Waals surface area contributed by atoms with Crippen LogP contribution in [0.3, 0.4) is 0 Å². The molecule has 1 aromatic rings. The second-order valence-electron chi connectivity index (χ2n) is 2.95. The van der Waals surface area contributed by atoms with Gasteiger partial charge in [-0.05, 0) is 12.0 Å². The van der Waals surface area contributed by atoms with Crippen LogP contribution >= 0.6 is 12.2 Å². The van der Waals surface area contributed by atoms with E-state index in [0.29, 0.717) is 6.42 Å². The molecule has 1 nitrogen and oxygen atoms in total. The van der Waals surface area contributed by atoms with Crippen LogP contribution in [0.5, 0.6) is 0 Å². The molecule has 0 aliphatic rings. The molecule has 0 atom stereocenters. The summed E-state index contributed by atoms with van der Waals surface area (Å²) in [4.78, 5) is 0.0787. The summed E-state index contributed by atoms with van der Waals surface area (Å²) in [5.74, 6) is 0. The number of hydrogen-bond donors (Lipinski definition) is 0. The summed E-state index contributed by atoms with van der Waals surface area (Å²) < 4.78 is 36.7. The smallest absolute Gasteiger partial charge is 0.271 e. The fraction of sp³-hybridized carbons (Fsp3) is 0.300. The van der Waals surface area contributed by atoms with Crippen molar-refractivity contribution in [3.05, 3.63) is 35.9 Å². The number of rotatable bonds is 4. The predicted molar refractivity (Wildman–Crippen MR) is 55.5 cm³/mol. The van der Waals surface area contributed by atoms with Gasteiger partial charge in [-0.15, -0.1) is 0 Å². The van der Waals surface area contributed by atoms with Gasteiger partial charge in [-0.1, -0.05) is 42.5 Å². The predicted octanol–water partition coefficient (Wildman–Crippen LogP) is 2.89. The Morgan fingerprint density at radius 1 is 1.20 bits per heavy atom. The van der Waals surface area contributed by atoms with E-state index in [1.165, 1.54) is 0 Å². The lowest BCUT2D eigenvalue weighted by Crippen LogP contribution is -2.37. The lowest BCUT2D eigenvalue weighted by Gasteiger charge is -2.20. The molecule has 0 saturated carbocycles. The van der Waals surface area contributed by atoms with Crippen LogP contribution in [0, 0.1) is 0 Å². The van der Waals surface area contributed by atoms with Crippen molar-refractivity contribution in [2.24, 2.45) is 0 Å². The Labute approximate surface area is 91.5 Å². The van der Waals surface area contributed by atoms with Crippen LogP contribution in [-0.2, 0) is 6.42 Å². The third-order valence-electron chi connectivity index (χ3n) is 1.88. The van der Waals surface area contributed by atoms with Gasteiger partial charge in [0, 0.05) is 6.54 Å². The molecule has 1 aromatic carbocycles. The van der Waals surface area contributed by atoms with Gasteiger partial charge in [-0.2, -0.15) is 13.2 Å². The first kappa shape index (κ1) is 12.0. The molecule has 1 radical (unpaired) electrons. The SMILES string of the molecule is FC(F)(F)N([C]=S)CCc1ccccc1. The highest BCUT2D eigenvalue weighted by Gasteiger charge is 2.35. The van der Waals surface area contributed by atoms with Crippen molar-refractivity contribution in [1.82, 2.24) is 4.90 Å². The van der Waals surface area contributed by atoms with Crippen molar-refractivity contribution in [3.8, 4) is 0 Å². The highest BCUT2D eigenvalue weighted by atomic mass is 32.1. The molecule has 15 heavy (non-hydrogen) atoms.